The number of aryl methyl sites for hydroxylation is 2. The Morgan fingerprint density at radius 1 is 1.17 bits per heavy atom. The number of carbonyl (C=O) groups is 1. The van der Waals surface area contributed by atoms with E-state index >= 15 is 0 Å². The molecule has 1 unspecified atom stereocenters. The van der Waals surface area contributed by atoms with E-state index in [0.29, 0.717) is 13.0 Å². The van der Waals surface area contributed by atoms with E-state index < -0.39 is 0 Å². The largest absolute Gasteiger partial charge is 0.493 e. The number of methoxy groups -OCH3 is 1. The van der Waals surface area contributed by atoms with Crippen molar-refractivity contribution < 1.29 is 14.3 Å². The lowest BCUT2D eigenvalue weighted by Crippen LogP contribution is -2.09. The topological polar surface area (TPSA) is 47.6 Å². The van der Waals surface area contributed by atoms with Gasteiger partial charge >= 0.3 is 5.97 Å². The van der Waals surface area contributed by atoms with Crippen LogP contribution in [0.3, 0.4) is 0 Å². The Morgan fingerprint density at radius 3 is 2.73 bits per heavy atom. The highest BCUT2D eigenvalue weighted by Gasteiger charge is 2.27. The fourth-order valence-electron chi connectivity index (χ4n) is 4.10. The summed E-state index contributed by atoms with van der Waals surface area (Å²) in [4.78, 5) is 14.3. The van der Waals surface area contributed by atoms with E-state index in [0.717, 1.165) is 23.5 Å². The van der Waals surface area contributed by atoms with Crippen LogP contribution >= 0.6 is 11.3 Å². The maximum absolute atomic E-state index is 11.6. The van der Waals surface area contributed by atoms with Crippen LogP contribution in [0.5, 0.6) is 5.75 Å². The first-order valence-electron chi connectivity index (χ1n) is 10.2. The van der Waals surface area contributed by atoms with E-state index in [1.54, 1.807) is 0 Å². The van der Waals surface area contributed by atoms with Crippen LogP contribution in [0.1, 0.15) is 38.8 Å². The number of rotatable bonds is 6. The van der Waals surface area contributed by atoms with Gasteiger partial charge in [-0.05, 0) is 55.2 Å². The van der Waals surface area contributed by atoms with Gasteiger partial charge in [-0.15, -0.1) is 11.3 Å². The van der Waals surface area contributed by atoms with Crippen molar-refractivity contribution in [2.24, 2.45) is 0 Å². The van der Waals surface area contributed by atoms with Crippen molar-refractivity contribution in [2.45, 2.75) is 39.7 Å². The Balaban J connectivity index is 1.49. The van der Waals surface area contributed by atoms with Crippen molar-refractivity contribution in [1.29, 1.82) is 0 Å². The Labute approximate surface area is 181 Å². The highest BCUT2D eigenvalue weighted by atomic mass is 32.1. The first-order valence-corrected chi connectivity index (χ1v) is 11.0. The second-order valence-corrected chi connectivity index (χ2v) is 9.27. The molecule has 2 aromatic carbocycles. The molecule has 30 heavy (non-hydrogen) atoms. The molecule has 0 saturated heterocycles. The lowest BCUT2D eigenvalue weighted by Gasteiger charge is -2.14. The number of hydrogen-bond donors (Lipinski definition) is 1. The Kier molecular flexibility index (Phi) is 5.82. The lowest BCUT2D eigenvalue weighted by molar-refractivity contribution is -0.141. The van der Waals surface area contributed by atoms with E-state index in [9.17, 15) is 4.79 Å². The van der Waals surface area contributed by atoms with Gasteiger partial charge in [0.15, 0.2) is 0 Å². The molecule has 2 heterocycles. The number of ether oxygens (including phenoxy) is 2. The quantitative estimate of drug-likeness (QED) is 0.497. The minimum atomic E-state index is -0.204. The van der Waals surface area contributed by atoms with Gasteiger partial charge in [-0.3, -0.25) is 4.79 Å². The normalized spacial score (nSPS) is 14.9. The van der Waals surface area contributed by atoms with E-state index in [2.05, 4.69) is 62.5 Å². The van der Waals surface area contributed by atoms with Crippen LogP contribution in [0.2, 0.25) is 0 Å². The minimum Gasteiger partial charge on any atom is -0.493 e. The van der Waals surface area contributed by atoms with Gasteiger partial charge in [0.25, 0.3) is 0 Å². The monoisotopic (exact) mass is 421 g/mol. The molecule has 0 saturated carbocycles. The smallest absolute Gasteiger partial charge is 0.306 e. The van der Waals surface area contributed by atoms with Crippen LogP contribution < -0.4 is 10.1 Å². The molecule has 1 aromatic heterocycles. The Morgan fingerprint density at radius 2 is 2.00 bits per heavy atom. The van der Waals surface area contributed by atoms with Gasteiger partial charge in [0, 0.05) is 39.5 Å². The minimum absolute atomic E-state index is 0.0673. The molecule has 1 atom stereocenters. The van der Waals surface area contributed by atoms with Crippen LogP contribution in [-0.2, 0) is 16.1 Å². The van der Waals surface area contributed by atoms with Crippen molar-refractivity contribution in [3.8, 4) is 16.9 Å². The number of esters is 1. The summed E-state index contributed by atoms with van der Waals surface area (Å²) in [5.41, 5.74) is 7.31. The van der Waals surface area contributed by atoms with Gasteiger partial charge in [0.05, 0.1) is 20.1 Å². The van der Waals surface area contributed by atoms with Gasteiger partial charge < -0.3 is 14.8 Å². The number of fused-ring (bicyclic) bond motifs is 1. The lowest BCUT2D eigenvalue weighted by atomic mass is 9.96. The molecule has 0 spiro atoms. The van der Waals surface area contributed by atoms with E-state index in [-0.39, 0.29) is 11.9 Å². The van der Waals surface area contributed by atoms with Crippen LogP contribution in [0, 0.1) is 20.8 Å². The molecule has 0 radical (unpaired) electrons. The molecular weight excluding hydrogens is 394 g/mol. The molecule has 0 aliphatic carbocycles. The zero-order valence-corrected chi connectivity index (χ0v) is 18.7. The number of carbonyl (C=O) groups excluding carboxylic acids is 1. The molecule has 5 heteroatoms. The molecule has 0 bridgehead atoms. The summed E-state index contributed by atoms with van der Waals surface area (Å²) < 4.78 is 10.6. The average molecular weight is 422 g/mol. The molecule has 0 fully saturated rings. The molecule has 1 aliphatic heterocycles. The van der Waals surface area contributed by atoms with Crippen molar-refractivity contribution in [3.05, 3.63) is 68.9 Å². The second-order valence-electron chi connectivity index (χ2n) is 7.81. The second kappa shape index (κ2) is 8.52. The third-order valence-corrected chi connectivity index (χ3v) is 6.76. The van der Waals surface area contributed by atoms with Gasteiger partial charge in [0.1, 0.15) is 5.75 Å². The summed E-state index contributed by atoms with van der Waals surface area (Å²) in [5.74, 6) is 0.714. The molecular formula is C25H27NO3S. The number of benzene rings is 2. The molecule has 4 nitrogen and oxygen atoms in total. The van der Waals surface area contributed by atoms with E-state index in [4.69, 9.17) is 9.47 Å². The third kappa shape index (κ3) is 4.08. The van der Waals surface area contributed by atoms with Gasteiger partial charge in [-0.1, -0.05) is 24.3 Å². The molecule has 156 valence electrons. The van der Waals surface area contributed by atoms with Crippen molar-refractivity contribution in [3.63, 3.8) is 0 Å². The number of nitrogens with one attached hydrogen (secondary N) is 1. The van der Waals surface area contributed by atoms with E-state index in [1.807, 2.05) is 17.4 Å². The number of thiophene rings is 1. The molecule has 1 aliphatic rings. The zero-order valence-electron chi connectivity index (χ0n) is 17.9. The maximum Gasteiger partial charge on any atom is 0.306 e. The van der Waals surface area contributed by atoms with Crippen LogP contribution in [0.15, 0.2) is 42.5 Å². The molecule has 1 N–H and O–H groups in total. The molecule has 0 amide bonds. The average Bonchev–Trinajstić information content (AvgIpc) is 3.28. The summed E-state index contributed by atoms with van der Waals surface area (Å²) in [6, 6.07) is 14.9. The first kappa shape index (κ1) is 20.5. The summed E-state index contributed by atoms with van der Waals surface area (Å²) >= 11 is 1.85. The summed E-state index contributed by atoms with van der Waals surface area (Å²) in [5, 5.41) is 3.53. The number of hydrogen-bond acceptors (Lipinski definition) is 5. The summed E-state index contributed by atoms with van der Waals surface area (Å²) in [7, 11) is 1.42. The molecule has 4 rings (SSSR count). The zero-order chi connectivity index (χ0) is 21.3. The van der Waals surface area contributed by atoms with Crippen LogP contribution in [0.4, 0.5) is 5.69 Å². The van der Waals surface area contributed by atoms with Crippen LogP contribution in [0.25, 0.3) is 11.1 Å². The SMILES string of the molecule is COC(=O)CC1COc2cc(NCc3cccc(-c4cc(C)sc4C)c3C)ccc21. The Bertz CT molecular complexity index is 1090. The van der Waals surface area contributed by atoms with Crippen molar-refractivity contribution >= 4 is 23.0 Å². The Hall–Kier alpha value is -2.79. The fraction of sp³-hybridized carbons (Fsp3) is 0.320. The maximum atomic E-state index is 11.6. The van der Waals surface area contributed by atoms with Crippen molar-refractivity contribution in [1.82, 2.24) is 0 Å². The van der Waals surface area contributed by atoms with Gasteiger partial charge in [0.2, 0.25) is 0 Å². The predicted octanol–water partition coefficient (Wildman–Crippen LogP) is 5.99. The van der Waals surface area contributed by atoms with Gasteiger partial charge in [-0.25, -0.2) is 0 Å². The standard InChI is InChI=1S/C25H27NO3S/c1-15-10-23(17(3)30-15)21-7-5-6-18(16(21)2)13-26-20-8-9-22-19(11-25(27)28-4)14-29-24(22)12-20/h5-10,12,19,26H,11,13-14H2,1-4H3. The van der Waals surface area contributed by atoms with Crippen molar-refractivity contribution in [2.75, 3.05) is 19.0 Å². The van der Waals surface area contributed by atoms with Gasteiger partial charge in [-0.2, -0.15) is 0 Å². The summed E-state index contributed by atoms with van der Waals surface area (Å²) in [6.07, 6.45) is 0.351. The first-order chi connectivity index (χ1) is 14.5. The number of anilines is 1. The molecule has 3 aromatic rings. The third-order valence-electron chi connectivity index (χ3n) is 5.79. The summed E-state index contributed by atoms with van der Waals surface area (Å²) in [6.45, 7) is 7.81. The van der Waals surface area contributed by atoms with Crippen LogP contribution in [-0.4, -0.2) is 19.7 Å². The highest BCUT2D eigenvalue weighted by Crippen LogP contribution is 2.38. The fourth-order valence-corrected chi connectivity index (χ4v) is 5.04. The predicted molar refractivity (Wildman–Crippen MR) is 123 cm³/mol. The van der Waals surface area contributed by atoms with E-state index in [1.165, 1.54) is 39.1 Å². The highest BCUT2D eigenvalue weighted by molar-refractivity contribution is 7.12.